The van der Waals surface area contributed by atoms with Crippen LogP contribution in [0.4, 0.5) is 0 Å². The van der Waals surface area contributed by atoms with Crippen LogP contribution < -0.4 is 0 Å². The van der Waals surface area contributed by atoms with Gasteiger partial charge in [0.25, 0.3) is 0 Å². The van der Waals surface area contributed by atoms with E-state index in [1.54, 1.807) is 17.8 Å². The summed E-state index contributed by atoms with van der Waals surface area (Å²) in [6.07, 6.45) is 9.66. The number of hydrogen-bond acceptors (Lipinski definition) is 4. The summed E-state index contributed by atoms with van der Waals surface area (Å²) in [6, 6.07) is 12.6. The monoisotopic (exact) mass is 388 g/mol. The van der Waals surface area contributed by atoms with Gasteiger partial charge in [-0.15, -0.1) is 11.8 Å². The summed E-state index contributed by atoms with van der Waals surface area (Å²) in [5, 5.41) is 4.65. The SMILES string of the molecule is C=CC(C)=N/C(=C\C)c1nn(C)cc1-c1ccnc(-c2ccc(SC)cc2)c1. The lowest BCUT2D eigenvalue weighted by Crippen LogP contribution is -1.93. The number of thioether (sulfide) groups is 1. The molecule has 3 aromatic rings. The molecule has 0 saturated heterocycles. The third kappa shape index (κ3) is 4.31. The van der Waals surface area contributed by atoms with Crippen LogP contribution >= 0.6 is 11.8 Å². The molecule has 0 aliphatic rings. The van der Waals surface area contributed by atoms with Gasteiger partial charge in [0.15, 0.2) is 0 Å². The third-order valence-corrected chi connectivity index (χ3v) is 5.14. The summed E-state index contributed by atoms with van der Waals surface area (Å²) in [5.41, 5.74) is 6.66. The van der Waals surface area contributed by atoms with Gasteiger partial charge < -0.3 is 0 Å². The highest BCUT2D eigenvalue weighted by atomic mass is 32.2. The summed E-state index contributed by atoms with van der Waals surface area (Å²) < 4.78 is 1.82. The van der Waals surface area contributed by atoms with Gasteiger partial charge in [-0.25, -0.2) is 0 Å². The zero-order valence-corrected chi connectivity index (χ0v) is 17.5. The maximum Gasteiger partial charge on any atom is 0.118 e. The molecule has 0 aliphatic heterocycles. The van der Waals surface area contributed by atoms with E-state index in [0.29, 0.717) is 0 Å². The Morgan fingerprint density at radius 1 is 1.18 bits per heavy atom. The number of rotatable bonds is 6. The van der Waals surface area contributed by atoms with Gasteiger partial charge in [0.2, 0.25) is 0 Å². The van der Waals surface area contributed by atoms with Crippen LogP contribution in [-0.4, -0.2) is 26.7 Å². The van der Waals surface area contributed by atoms with Crippen molar-refractivity contribution in [2.45, 2.75) is 18.7 Å². The molecule has 0 spiro atoms. The molecule has 28 heavy (non-hydrogen) atoms. The fraction of sp³-hybridized carbons (Fsp3) is 0.174. The first-order valence-electron chi connectivity index (χ1n) is 9.04. The van der Waals surface area contributed by atoms with Gasteiger partial charge >= 0.3 is 0 Å². The lowest BCUT2D eigenvalue weighted by Gasteiger charge is -2.07. The molecule has 0 amide bonds. The average molecular weight is 389 g/mol. The molecule has 142 valence electrons. The Hall–Kier alpha value is -2.92. The number of allylic oxidation sites excluding steroid dienone is 2. The molecular weight excluding hydrogens is 364 g/mol. The van der Waals surface area contributed by atoms with Gasteiger partial charge in [-0.2, -0.15) is 5.10 Å². The molecule has 0 atom stereocenters. The van der Waals surface area contributed by atoms with E-state index < -0.39 is 0 Å². The van der Waals surface area contributed by atoms with Crippen LogP contribution in [0.3, 0.4) is 0 Å². The highest BCUT2D eigenvalue weighted by Crippen LogP contribution is 2.31. The smallest absolute Gasteiger partial charge is 0.118 e. The topological polar surface area (TPSA) is 43.1 Å². The molecule has 5 heteroatoms. The molecule has 1 aromatic carbocycles. The van der Waals surface area contributed by atoms with Crippen molar-refractivity contribution in [1.82, 2.24) is 14.8 Å². The number of aliphatic imine (C=N–C) groups is 1. The second-order valence-electron chi connectivity index (χ2n) is 6.35. The standard InChI is InChI=1S/C23H24N4S/c1-6-16(3)25-21(7-2)23-20(15-27(4)26-23)18-12-13-24-22(14-18)17-8-10-19(28-5)11-9-17/h6-15H,1H2,2-5H3/b21-7-,25-16?. The average Bonchev–Trinajstić information content (AvgIpc) is 3.13. The lowest BCUT2D eigenvalue weighted by atomic mass is 10.0. The minimum atomic E-state index is 0.829. The minimum Gasteiger partial charge on any atom is -0.274 e. The minimum absolute atomic E-state index is 0.829. The lowest BCUT2D eigenvalue weighted by molar-refractivity contribution is 0.763. The van der Waals surface area contributed by atoms with Crippen LogP contribution in [-0.2, 0) is 7.05 Å². The van der Waals surface area contributed by atoms with E-state index in [9.17, 15) is 0 Å². The largest absolute Gasteiger partial charge is 0.274 e. The molecule has 0 fully saturated rings. The quantitative estimate of drug-likeness (QED) is 0.391. The molecule has 0 unspecified atom stereocenters. The molecule has 4 nitrogen and oxygen atoms in total. The second kappa shape index (κ2) is 8.85. The molecular formula is C23H24N4S. The highest BCUT2D eigenvalue weighted by Gasteiger charge is 2.15. The van der Waals surface area contributed by atoms with Crippen LogP contribution in [0.2, 0.25) is 0 Å². The summed E-state index contributed by atoms with van der Waals surface area (Å²) in [7, 11) is 1.92. The maximum atomic E-state index is 4.65. The summed E-state index contributed by atoms with van der Waals surface area (Å²) >= 11 is 1.73. The van der Waals surface area contributed by atoms with Gasteiger partial charge in [0, 0.05) is 41.2 Å². The second-order valence-corrected chi connectivity index (χ2v) is 7.23. The highest BCUT2D eigenvalue weighted by molar-refractivity contribution is 7.98. The van der Waals surface area contributed by atoms with Crippen LogP contribution in [0.5, 0.6) is 0 Å². The van der Waals surface area contributed by atoms with Gasteiger partial charge in [0.05, 0.1) is 11.4 Å². The number of pyridine rings is 1. The van der Waals surface area contributed by atoms with Gasteiger partial charge in [-0.1, -0.05) is 24.8 Å². The van der Waals surface area contributed by atoms with Crippen molar-refractivity contribution in [2.24, 2.45) is 12.0 Å². The Kier molecular flexibility index (Phi) is 6.26. The normalized spacial score (nSPS) is 12.3. The Morgan fingerprint density at radius 2 is 1.93 bits per heavy atom. The van der Waals surface area contributed by atoms with E-state index in [1.165, 1.54) is 4.90 Å². The Labute approximate surface area is 170 Å². The predicted molar refractivity (Wildman–Crippen MR) is 121 cm³/mol. The molecule has 0 aliphatic carbocycles. The van der Waals surface area contributed by atoms with E-state index in [0.717, 1.165) is 39.5 Å². The van der Waals surface area contributed by atoms with E-state index in [-0.39, 0.29) is 0 Å². The summed E-state index contributed by atoms with van der Waals surface area (Å²) in [5.74, 6) is 0. The van der Waals surface area contributed by atoms with Crippen molar-refractivity contribution in [3.8, 4) is 22.4 Å². The molecule has 3 rings (SSSR count). The van der Waals surface area contributed by atoms with Crippen molar-refractivity contribution >= 4 is 23.2 Å². The van der Waals surface area contributed by atoms with Gasteiger partial charge in [-0.3, -0.25) is 14.7 Å². The van der Waals surface area contributed by atoms with Crippen LogP contribution in [0.25, 0.3) is 28.1 Å². The third-order valence-electron chi connectivity index (χ3n) is 4.39. The number of aromatic nitrogens is 3. The fourth-order valence-corrected chi connectivity index (χ4v) is 3.30. The van der Waals surface area contributed by atoms with Crippen LogP contribution in [0.15, 0.2) is 77.4 Å². The molecule has 0 bridgehead atoms. The first kappa shape index (κ1) is 19.8. The van der Waals surface area contributed by atoms with Crippen molar-refractivity contribution in [3.63, 3.8) is 0 Å². The number of nitrogens with zero attached hydrogens (tertiary/aromatic N) is 4. The molecule has 2 heterocycles. The number of aryl methyl sites for hydroxylation is 1. The van der Waals surface area contributed by atoms with Gasteiger partial charge in [0.1, 0.15) is 5.69 Å². The summed E-state index contributed by atoms with van der Waals surface area (Å²) in [6.45, 7) is 7.70. The molecule has 0 saturated carbocycles. The van der Waals surface area contributed by atoms with Crippen LogP contribution in [0.1, 0.15) is 19.5 Å². The van der Waals surface area contributed by atoms with Crippen LogP contribution in [0, 0.1) is 0 Å². The predicted octanol–water partition coefficient (Wildman–Crippen LogP) is 5.88. The van der Waals surface area contributed by atoms with Gasteiger partial charge in [-0.05, 0) is 56.0 Å². The van der Waals surface area contributed by atoms with Crippen molar-refractivity contribution in [3.05, 3.63) is 73.2 Å². The Morgan fingerprint density at radius 3 is 2.57 bits per heavy atom. The van der Waals surface area contributed by atoms with E-state index in [4.69, 9.17) is 0 Å². The Bertz CT molecular complexity index is 1040. The van der Waals surface area contributed by atoms with E-state index in [2.05, 4.69) is 58.2 Å². The van der Waals surface area contributed by atoms with Crippen molar-refractivity contribution < 1.29 is 0 Å². The number of benzene rings is 1. The molecule has 0 radical (unpaired) electrons. The molecule has 2 aromatic heterocycles. The zero-order valence-electron chi connectivity index (χ0n) is 16.7. The maximum absolute atomic E-state index is 4.65. The van der Waals surface area contributed by atoms with E-state index in [1.807, 2.05) is 50.1 Å². The van der Waals surface area contributed by atoms with Crippen molar-refractivity contribution in [1.29, 1.82) is 0 Å². The first-order chi connectivity index (χ1) is 13.5. The first-order valence-corrected chi connectivity index (χ1v) is 10.3. The fourth-order valence-electron chi connectivity index (χ4n) is 2.90. The van der Waals surface area contributed by atoms with E-state index >= 15 is 0 Å². The Balaban J connectivity index is 2.06. The zero-order chi connectivity index (χ0) is 20.1. The molecule has 0 N–H and O–H groups in total. The van der Waals surface area contributed by atoms with Crippen molar-refractivity contribution in [2.75, 3.05) is 6.26 Å². The summed E-state index contributed by atoms with van der Waals surface area (Å²) in [4.78, 5) is 10.5. The number of hydrogen-bond donors (Lipinski definition) is 0.